The van der Waals surface area contributed by atoms with Crippen LogP contribution in [-0.2, 0) is 11.0 Å². The van der Waals surface area contributed by atoms with E-state index in [0.717, 1.165) is 23.8 Å². The summed E-state index contributed by atoms with van der Waals surface area (Å²) >= 11 is 0. The highest BCUT2D eigenvalue weighted by Crippen LogP contribution is 2.35. The highest BCUT2D eigenvalue weighted by Gasteiger charge is 2.33. The SMILES string of the molecule is CC(CC(=O)Nc1ccccc1C(F)(F)F)NC1CCOc2ccccc21. The van der Waals surface area contributed by atoms with E-state index in [0.29, 0.717) is 6.61 Å². The molecular formula is C20H21F3N2O2. The quantitative estimate of drug-likeness (QED) is 0.803. The minimum atomic E-state index is -4.51. The molecule has 144 valence electrons. The molecule has 0 saturated heterocycles. The molecule has 2 N–H and O–H groups in total. The second-order valence-corrected chi connectivity index (χ2v) is 6.59. The van der Waals surface area contributed by atoms with Gasteiger partial charge in [-0.3, -0.25) is 4.79 Å². The Hall–Kier alpha value is -2.54. The fourth-order valence-electron chi connectivity index (χ4n) is 3.24. The predicted molar refractivity (Wildman–Crippen MR) is 96.6 cm³/mol. The molecule has 3 rings (SSSR count). The smallest absolute Gasteiger partial charge is 0.418 e. The standard InChI is InChI=1S/C20H21F3N2O2/c1-13(24-16-10-11-27-18-9-5-2-6-14(16)18)12-19(26)25-17-8-4-3-7-15(17)20(21,22)23/h2-9,13,16,24H,10-12H2,1H3,(H,25,26). The van der Waals surface area contributed by atoms with Crippen molar-refractivity contribution in [1.82, 2.24) is 5.32 Å². The Morgan fingerprint density at radius 2 is 1.89 bits per heavy atom. The minimum absolute atomic E-state index is 0.0419. The van der Waals surface area contributed by atoms with E-state index in [1.165, 1.54) is 18.2 Å². The summed E-state index contributed by atoms with van der Waals surface area (Å²) in [4.78, 5) is 12.2. The molecule has 0 aliphatic carbocycles. The highest BCUT2D eigenvalue weighted by atomic mass is 19.4. The zero-order valence-corrected chi connectivity index (χ0v) is 14.8. The molecule has 2 unspecified atom stereocenters. The molecule has 2 aromatic rings. The van der Waals surface area contributed by atoms with Crippen LogP contribution in [0.4, 0.5) is 18.9 Å². The molecule has 1 aliphatic heterocycles. The summed E-state index contributed by atoms with van der Waals surface area (Å²) in [6.07, 6.45) is -3.69. The third-order valence-corrected chi connectivity index (χ3v) is 4.44. The number of hydrogen-bond donors (Lipinski definition) is 2. The lowest BCUT2D eigenvalue weighted by atomic mass is 9.99. The van der Waals surface area contributed by atoms with Crippen LogP contribution in [0.1, 0.15) is 36.9 Å². The maximum absolute atomic E-state index is 13.0. The largest absolute Gasteiger partial charge is 0.493 e. The van der Waals surface area contributed by atoms with Crippen molar-refractivity contribution in [2.45, 2.75) is 38.0 Å². The van der Waals surface area contributed by atoms with Crippen LogP contribution in [0.2, 0.25) is 0 Å². The second-order valence-electron chi connectivity index (χ2n) is 6.59. The van der Waals surface area contributed by atoms with Gasteiger partial charge in [-0.05, 0) is 25.1 Å². The van der Waals surface area contributed by atoms with E-state index in [9.17, 15) is 18.0 Å². The number of rotatable bonds is 5. The number of carbonyl (C=O) groups excluding carboxylic acids is 1. The Bertz CT molecular complexity index is 808. The third kappa shape index (κ3) is 4.80. The molecule has 1 aliphatic rings. The number of hydrogen-bond acceptors (Lipinski definition) is 3. The summed E-state index contributed by atoms with van der Waals surface area (Å²) in [6.45, 7) is 2.42. The van der Waals surface area contributed by atoms with Gasteiger partial charge >= 0.3 is 6.18 Å². The molecule has 0 saturated carbocycles. The van der Waals surface area contributed by atoms with Crippen molar-refractivity contribution in [2.75, 3.05) is 11.9 Å². The van der Waals surface area contributed by atoms with Crippen molar-refractivity contribution >= 4 is 11.6 Å². The molecule has 0 spiro atoms. The molecule has 7 heteroatoms. The van der Waals surface area contributed by atoms with Crippen LogP contribution in [0.15, 0.2) is 48.5 Å². The zero-order chi connectivity index (χ0) is 19.4. The second kappa shape index (κ2) is 8.00. The van der Waals surface area contributed by atoms with Gasteiger partial charge in [0, 0.05) is 30.5 Å². The summed E-state index contributed by atoms with van der Waals surface area (Å²) in [5.74, 6) is 0.351. The van der Waals surface area contributed by atoms with Gasteiger partial charge in [-0.25, -0.2) is 0 Å². The Labute approximate surface area is 155 Å². The summed E-state index contributed by atoms with van der Waals surface area (Å²) in [5, 5.41) is 5.75. The van der Waals surface area contributed by atoms with Gasteiger partial charge in [0.05, 0.1) is 17.9 Å². The molecule has 0 radical (unpaired) electrons. The molecule has 1 amide bonds. The average Bonchev–Trinajstić information content (AvgIpc) is 2.61. The van der Waals surface area contributed by atoms with Crippen molar-refractivity contribution in [3.05, 3.63) is 59.7 Å². The number of halogens is 3. The van der Waals surface area contributed by atoms with E-state index in [1.54, 1.807) is 0 Å². The van der Waals surface area contributed by atoms with E-state index in [2.05, 4.69) is 10.6 Å². The van der Waals surface area contributed by atoms with Crippen LogP contribution >= 0.6 is 0 Å². The van der Waals surface area contributed by atoms with Crippen LogP contribution in [0.5, 0.6) is 5.75 Å². The topological polar surface area (TPSA) is 50.4 Å². The van der Waals surface area contributed by atoms with Gasteiger partial charge in [-0.1, -0.05) is 30.3 Å². The number of ether oxygens (including phenoxy) is 1. The van der Waals surface area contributed by atoms with Gasteiger partial charge in [0.15, 0.2) is 0 Å². The van der Waals surface area contributed by atoms with Crippen LogP contribution < -0.4 is 15.4 Å². The monoisotopic (exact) mass is 378 g/mol. The summed E-state index contributed by atoms with van der Waals surface area (Å²) < 4.78 is 44.7. The van der Waals surface area contributed by atoms with Crippen LogP contribution in [-0.4, -0.2) is 18.6 Å². The van der Waals surface area contributed by atoms with Crippen molar-refractivity contribution in [2.24, 2.45) is 0 Å². The molecule has 1 heterocycles. The molecule has 2 atom stereocenters. The number of amides is 1. The van der Waals surface area contributed by atoms with Crippen LogP contribution in [0.3, 0.4) is 0 Å². The number of fused-ring (bicyclic) bond motifs is 1. The minimum Gasteiger partial charge on any atom is -0.493 e. The molecule has 0 aromatic heterocycles. The van der Waals surface area contributed by atoms with Crippen molar-refractivity contribution in [3.63, 3.8) is 0 Å². The fraction of sp³-hybridized carbons (Fsp3) is 0.350. The van der Waals surface area contributed by atoms with Gasteiger partial charge in [-0.15, -0.1) is 0 Å². The average molecular weight is 378 g/mol. The molecule has 27 heavy (non-hydrogen) atoms. The van der Waals surface area contributed by atoms with Crippen molar-refractivity contribution < 1.29 is 22.7 Å². The third-order valence-electron chi connectivity index (χ3n) is 4.44. The van der Waals surface area contributed by atoms with Gasteiger partial charge in [0.25, 0.3) is 0 Å². The Morgan fingerprint density at radius 3 is 2.67 bits per heavy atom. The molecule has 2 aromatic carbocycles. The number of anilines is 1. The predicted octanol–water partition coefficient (Wildman–Crippen LogP) is 4.54. The van der Waals surface area contributed by atoms with Crippen LogP contribution in [0.25, 0.3) is 0 Å². The maximum Gasteiger partial charge on any atom is 0.418 e. The molecule has 4 nitrogen and oxygen atoms in total. The first-order valence-corrected chi connectivity index (χ1v) is 8.78. The number of carbonyl (C=O) groups is 1. The first-order valence-electron chi connectivity index (χ1n) is 8.78. The summed E-state index contributed by atoms with van der Waals surface area (Å²) in [5.41, 5.74) is -0.0469. The first kappa shape index (κ1) is 19.2. The van der Waals surface area contributed by atoms with Crippen molar-refractivity contribution in [1.29, 1.82) is 0 Å². The summed E-state index contributed by atoms with van der Waals surface area (Å²) in [7, 11) is 0. The number of benzene rings is 2. The normalized spacial score (nSPS) is 17.6. The van der Waals surface area contributed by atoms with E-state index in [4.69, 9.17) is 4.74 Å². The van der Waals surface area contributed by atoms with Gasteiger partial charge in [0.2, 0.25) is 5.91 Å². The number of alkyl halides is 3. The lowest BCUT2D eigenvalue weighted by Crippen LogP contribution is -2.36. The van der Waals surface area contributed by atoms with Gasteiger partial charge < -0.3 is 15.4 Å². The van der Waals surface area contributed by atoms with E-state index < -0.39 is 17.6 Å². The maximum atomic E-state index is 13.0. The van der Waals surface area contributed by atoms with Gasteiger partial charge in [-0.2, -0.15) is 13.2 Å². The lowest BCUT2D eigenvalue weighted by Gasteiger charge is -2.29. The molecular weight excluding hydrogens is 357 g/mol. The van der Waals surface area contributed by atoms with E-state index in [1.807, 2.05) is 31.2 Å². The number of para-hydroxylation sites is 2. The fourth-order valence-corrected chi connectivity index (χ4v) is 3.24. The lowest BCUT2D eigenvalue weighted by molar-refractivity contribution is -0.137. The van der Waals surface area contributed by atoms with Crippen LogP contribution in [0, 0.1) is 0 Å². The Kier molecular flexibility index (Phi) is 5.70. The Balaban J connectivity index is 1.61. The summed E-state index contributed by atoms with van der Waals surface area (Å²) in [6, 6.07) is 12.5. The highest BCUT2D eigenvalue weighted by molar-refractivity contribution is 5.92. The zero-order valence-electron chi connectivity index (χ0n) is 14.8. The van der Waals surface area contributed by atoms with E-state index in [-0.39, 0.29) is 24.2 Å². The number of nitrogens with one attached hydrogen (secondary N) is 2. The Morgan fingerprint density at radius 1 is 1.19 bits per heavy atom. The van der Waals surface area contributed by atoms with Crippen molar-refractivity contribution in [3.8, 4) is 5.75 Å². The first-order chi connectivity index (χ1) is 12.8. The van der Waals surface area contributed by atoms with Gasteiger partial charge in [0.1, 0.15) is 5.75 Å². The van der Waals surface area contributed by atoms with E-state index >= 15 is 0 Å². The molecule has 0 bridgehead atoms. The molecule has 0 fully saturated rings.